The van der Waals surface area contributed by atoms with Gasteiger partial charge in [0.15, 0.2) is 5.76 Å². The normalized spacial score (nSPS) is 12.0. The van der Waals surface area contributed by atoms with Crippen molar-refractivity contribution >= 4 is 29.0 Å². The molecule has 1 aromatic carbocycles. The third kappa shape index (κ3) is 4.32. The Morgan fingerprint density at radius 3 is 2.75 bits per heavy atom. The lowest BCUT2D eigenvalue weighted by molar-refractivity contribution is -0.119. The van der Waals surface area contributed by atoms with Crippen LogP contribution in [0, 0.1) is 5.82 Å². The second kappa shape index (κ2) is 8.41. The number of amides is 1. The summed E-state index contributed by atoms with van der Waals surface area (Å²) in [5, 5.41) is 13.0. The van der Waals surface area contributed by atoms with Gasteiger partial charge in [0.05, 0.1) is 18.1 Å². The highest BCUT2D eigenvalue weighted by Gasteiger charge is 2.19. The van der Waals surface area contributed by atoms with Crippen LogP contribution in [0.25, 0.3) is 11.7 Å². The lowest BCUT2D eigenvalue weighted by Crippen LogP contribution is -2.30. The van der Waals surface area contributed by atoms with E-state index in [0.717, 1.165) is 22.2 Å². The molecule has 0 bridgehead atoms. The number of hydrogen-bond donors (Lipinski definition) is 1. The maximum absolute atomic E-state index is 13.2. The molecule has 1 N–H and O–H groups in total. The molecule has 0 aliphatic rings. The van der Waals surface area contributed by atoms with E-state index in [0.29, 0.717) is 5.76 Å². The van der Waals surface area contributed by atoms with Gasteiger partial charge in [-0.2, -0.15) is 0 Å². The zero-order valence-corrected chi connectivity index (χ0v) is 16.0. The number of aromatic nitrogens is 2. The number of carbonyl (C=O) groups is 1. The van der Waals surface area contributed by atoms with Crippen molar-refractivity contribution < 1.29 is 18.0 Å². The molecule has 0 aliphatic carbocycles. The van der Waals surface area contributed by atoms with Gasteiger partial charge in [0.2, 0.25) is 5.91 Å². The average Bonchev–Trinajstić information content (AvgIpc) is 3.47. The number of benzene rings is 1. The highest BCUT2D eigenvalue weighted by Crippen LogP contribution is 2.27. The predicted octanol–water partition coefficient (Wildman–Crippen LogP) is 4.53. The molecule has 0 fully saturated rings. The van der Waals surface area contributed by atoms with Crippen LogP contribution in [-0.4, -0.2) is 21.9 Å². The molecule has 0 saturated carbocycles. The fourth-order valence-corrected chi connectivity index (χ4v) is 3.90. The summed E-state index contributed by atoms with van der Waals surface area (Å²) in [5.41, 5.74) is 0.806. The van der Waals surface area contributed by atoms with E-state index in [4.69, 9.17) is 8.83 Å². The second-order valence-electron chi connectivity index (χ2n) is 5.71. The third-order valence-corrected chi connectivity index (χ3v) is 5.56. The first kappa shape index (κ1) is 18.5. The van der Waals surface area contributed by atoms with Crippen molar-refractivity contribution in [1.29, 1.82) is 0 Å². The molecule has 6 nitrogen and oxygen atoms in total. The van der Waals surface area contributed by atoms with E-state index in [-0.39, 0.29) is 34.6 Å². The Kier molecular flexibility index (Phi) is 5.54. The Morgan fingerprint density at radius 2 is 2.04 bits per heavy atom. The van der Waals surface area contributed by atoms with Crippen molar-refractivity contribution in [3.63, 3.8) is 0 Å². The van der Waals surface area contributed by atoms with Crippen LogP contribution in [0.5, 0.6) is 0 Å². The summed E-state index contributed by atoms with van der Waals surface area (Å²) in [7, 11) is 0. The minimum atomic E-state index is -0.352. The van der Waals surface area contributed by atoms with Crippen LogP contribution in [0.4, 0.5) is 4.39 Å². The lowest BCUT2D eigenvalue weighted by Gasteiger charge is -2.18. The summed E-state index contributed by atoms with van der Waals surface area (Å²) in [5.74, 6) is 0.307. The summed E-state index contributed by atoms with van der Waals surface area (Å²) in [6.45, 7) is 0. The monoisotopic (exact) mass is 415 g/mol. The maximum atomic E-state index is 13.2. The number of rotatable bonds is 7. The smallest absolute Gasteiger partial charge is 0.284 e. The van der Waals surface area contributed by atoms with Crippen LogP contribution in [0.2, 0.25) is 0 Å². The molecule has 0 saturated heterocycles. The Morgan fingerprint density at radius 1 is 1.18 bits per heavy atom. The van der Waals surface area contributed by atoms with Gasteiger partial charge in [-0.15, -0.1) is 21.5 Å². The van der Waals surface area contributed by atoms with E-state index in [1.807, 2.05) is 17.5 Å². The van der Waals surface area contributed by atoms with Crippen LogP contribution in [0.1, 0.15) is 16.5 Å². The fourth-order valence-electron chi connectivity index (χ4n) is 2.53. The topological polar surface area (TPSA) is 81.2 Å². The Labute approximate surface area is 167 Å². The first-order valence-electron chi connectivity index (χ1n) is 8.27. The number of thiophene rings is 1. The Hall–Kier alpha value is -2.91. The number of thioether (sulfide) groups is 1. The molecule has 9 heteroatoms. The summed E-state index contributed by atoms with van der Waals surface area (Å²) in [6, 6.07) is 13.0. The molecule has 142 valence electrons. The van der Waals surface area contributed by atoms with Gasteiger partial charge in [0.1, 0.15) is 5.82 Å². The Balaban J connectivity index is 1.41. The molecule has 0 radical (unpaired) electrons. The fraction of sp³-hybridized carbons (Fsp3) is 0.105. The standard InChI is InChI=1S/C19H14FN3O3S2/c20-13-7-5-12(6-8-13)17(15-4-2-10-27-15)21-16(24)11-28-19-23-22-18(26-19)14-3-1-9-25-14/h1-10,17H,11H2,(H,21,24). The summed E-state index contributed by atoms with van der Waals surface area (Å²) < 4.78 is 23.9. The van der Waals surface area contributed by atoms with E-state index < -0.39 is 0 Å². The van der Waals surface area contributed by atoms with Crippen LogP contribution in [0.3, 0.4) is 0 Å². The highest BCUT2D eigenvalue weighted by molar-refractivity contribution is 7.99. The molecule has 0 spiro atoms. The van der Waals surface area contributed by atoms with Gasteiger partial charge in [0.25, 0.3) is 11.1 Å². The van der Waals surface area contributed by atoms with Crippen molar-refractivity contribution in [2.45, 2.75) is 11.3 Å². The number of nitrogens with zero attached hydrogens (tertiary/aromatic N) is 2. The molecule has 1 unspecified atom stereocenters. The van der Waals surface area contributed by atoms with E-state index in [2.05, 4.69) is 15.5 Å². The predicted molar refractivity (Wildman–Crippen MR) is 103 cm³/mol. The molecular formula is C19H14FN3O3S2. The molecule has 28 heavy (non-hydrogen) atoms. The number of carbonyl (C=O) groups excluding carboxylic acids is 1. The van der Waals surface area contributed by atoms with Gasteiger partial charge in [-0.05, 0) is 41.3 Å². The molecule has 4 rings (SSSR count). The SMILES string of the molecule is O=C(CSc1nnc(-c2ccco2)o1)NC(c1ccc(F)cc1)c1cccs1. The highest BCUT2D eigenvalue weighted by atomic mass is 32.2. The molecule has 1 amide bonds. The third-order valence-electron chi connectivity index (χ3n) is 3.80. The van der Waals surface area contributed by atoms with E-state index in [9.17, 15) is 9.18 Å². The van der Waals surface area contributed by atoms with Crippen molar-refractivity contribution in [1.82, 2.24) is 15.5 Å². The number of furan rings is 1. The van der Waals surface area contributed by atoms with Gasteiger partial charge < -0.3 is 14.2 Å². The van der Waals surface area contributed by atoms with Gasteiger partial charge in [0, 0.05) is 4.88 Å². The Bertz CT molecular complexity index is 1030. The average molecular weight is 415 g/mol. The molecule has 0 aliphatic heterocycles. The van der Waals surface area contributed by atoms with E-state index in [1.54, 1.807) is 24.3 Å². The molecule has 3 heterocycles. The van der Waals surface area contributed by atoms with Gasteiger partial charge >= 0.3 is 0 Å². The minimum Gasteiger partial charge on any atom is -0.459 e. The van der Waals surface area contributed by atoms with E-state index >= 15 is 0 Å². The zero-order chi connectivity index (χ0) is 19.3. The molecular weight excluding hydrogens is 401 g/mol. The number of hydrogen-bond acceptors (Lipinski definition) is 7. The summed E-state index contributed by atoms with van der Waals surface area (Å²) in [4.78, 5) is 13.4. The molecule has 4 aromatic rings. The first-order valence-corrected chi connectivity index (χ1v) is 10.1. The van der Waals surface area contributed by atoms with Crippen molar-refractivity contribution in [3.05, 3.63) is 76.4 Å². The zero-order valence-electron chi connectivity index (χ0n) is 14.4. The van der Waals surface area contributed by atoms with E-state index in [1.165, 1.54) is 29.7 Å². The summed E-state index contributed by atoms with van der Waals surface area (Å²) >= 11 is 2.65. The first-order chi connectivity index (χ1) is 13.7. The van der Waals surface area contributed by atoms with Crippen LogP contribution < -0.4 is 5.32 Å². The molecule has 1 atom stereocenters. The van der Waals surface area contributed by atoms with Gasteiger partial charge in [-0.1, -0.05) is 30.0 Å². The van der Waals surface area contributed by atoms with Crippen LogP contribution >= 0.6 is 23.1 Å². The van der Waals surface area contributed by atoms with Crippen molar-refractivity contribution in [3.8, 4) is 11.7 Å². The minimum absolute atomic E-state index is 0.100. The largest absolute Gasteiger partial charge is 0.459 e. The van der Waals surface area contributed by atoms with Gasteiger partial charge in [-0.3, -0.25) is 4.79 Å². The number of nitrogens with one attached hydrogen (secondary N) is 1. The summed E-state index contributed by atoms with van der Waals surface area (Å²) in [6.07, 6.45) is 1.51. The lowest BCUT2D eigenvalue weighted by atomic mass is 10.1. The maximum Gasteiger partial charge on any atom is 0.284 e. The van der Waals surface area contributed by atoms with Crippen LogP contribution in [0.15, 0.2) is 74.2 Å². The second-order valence-corrected chi connectivity index (χ2v) is 7.61. The van der Waals surface area contributed by atoms with Crippen molar-refractivity contribution in [2.24, 2.45) is 0 Å². The number of halogens is 1. The van der Waals surface area contributed by atoms with Crippen molar-refractivity contribution in [2.75, 3.05) is 5.75 Å². The van der Waals surface area contributed by atoms with Gasteiger partial charge in [-0.25, -0.2) is 4.39 Å². The quantitative estimate of drug-likeness (QED) is 0.447. The van der Waals surface area contributed by atoms with Crippen LogP contribution in [-0.2, 0) is 4.79 Å². The molecule has 3 aromatic heterocycles.